The SMILES string of the molecule is CC(C)Cc1[nH]nc(C2CCCC2)c1CCO. The maximum absolute atomic E-state index is 9.22. The first-order chi connectivity index (χ1) is 8.22. The van der Waals surface area contributed by atoms with E-state index in [1.165, 1.54) is 42.6 Å². The van der Waals surface area contributed by atoms with Crippen molar-refractivity contribution in [3.8, 4) is 0 Å². The Morgan fingerprint density at radius 2 is 2.06 bits per heavy atom. The summed E-state index contributed by atoms with van der Waals surface area (Å²) in [5, 5.41) is 17.0. The molecule has 1 aliphatic carbocycles. The first kappa shape index (κ1) is 12.6. The largest absolute Gasteiger partial charge is 0.396 e. The lowest BCUT2D eigenvalue weighted by Gasteiger charge is -2.10. The van der Waals surface area contributed by atoms with Crippen LogP contribution in [0.2, 0.25) is 0 Å². The van der Waals surface area contributed by atoms with Crippen LogP contribution in [-0.2, 0) is 12.8 Å². The van der Waals surface area contributed by atoms with E-state index in [1.54, 1.807) is 0 Å². The molecule has 1 aromatic rings. The second kappa shape index (κ2) is 5.67. The zero-order valence-electron chi connectivity index (χ0n) is 11.0. The van der Waals surface area contributed by atoms with Crippen molar-refractivity contribution in [1.82, 2.24) is 10.2 Å². The molecule has 1 aliphatic rings. The molecule has 0 amide bonds. The third-order valence-corrected chi connectivity index (χ3v) is 3.70. The monoisotopic (exact) mass is 236 g/mol. The van der Waals surface area contributed by atoms with Gasteiger partial charge < -0.3 is 5.11 Å². The van der Waals surface area contributed by atoms with Gasteiger partial charge in [-0.3, -0.25) is 5.10 Å². The molecular formula is C14H24N2O. The molecular weight excluding hydrogens is 212 g/mol. The fourth-order valence-electron chi connectivity index (χ4n) is 2.92. The van der Waals surface area contributed by atoms with E-state index in [9.17, 15) is 5.11 Å². The van der Waals surface area contributed by atoms with E-state index in [0.717, 1.165) is 12.8 Å². The lowest BCUT2D eigenvalue weighted by molar-refractivity contribution is 0.298. The first-order valence-electron chi connectivity index (χ1n) is 6.89. The van der Waals surface area contributed by atoms with Crippen LogP contribution >= 0.6 is 0 Å². The quantitative estimate of drug-likeness (QED) is 0.826. The Hall–Kier alpha value is -0.830. The van der Waals surface area contributed by atoms with Gasteiger partial charge in [0.05, 0.1) is 5.69 Å². The Kier molecular flexibility index (Phi) is 4.21. The van der Waals surface area contributed by atoms with Gasteiger partial charge in [0, 0.05) is 18.2 Å². The van der Waals surface area contributed by atoms with Gasteiger partial charge in [0.25, 0.3) is 0 Å². The van der Waals surface area contributed by atoms with E-state index in [0.29, 0.717) is 11.8 Å². The van der Waals surface area contributed by atoms with Gasteiger partial charge in [-0.2, -0.15) is 5.10 Å². The summed E-state index contributed by atoms with van der Waals surface area (Å²) in [6, 6.07) is 0. The lowest BCUT2D eigenvalue weighted by Crippen LogP contribution is -2.04. The van der Waals surface area contributed by atoms with Gasteiger partial charge in [-0.25, -0.2) is 0 Å². The maximum Gasteiger partial charge on any atom is 0.0688 e. The van der Waals surface area contributed by atoms with E-state index in [1.807, 2.05) is 0 Å². The standard InChI is InChI=1S/C14H24N2O/c1-10(2)9-13-12(7-8-17)14(16-15-13)11-5-3-4-6-11/h10-11,17H,3-9H2,1-2H3,(H,15,16). The molecule has 0 bridgehead atoms. The molecule has 0 aliphatic heterocycles. The molecule has 0 unspecified atom stereocenters. The average molecular weight is 236 g/mol. The Bertz CT molecular complexity index is 351. The van der Waals surface area contributed by atoms with Crippen molar-refractivity contribution in [1.29, 1.82) is 0 Å². The van der Waals surface area contributed by atoms with Crippen LogP contribution in [0.15, 0.2) is 0 Å². The molecule has 96 valence electrons. The number of aliphatic hydroxyl groups excluding tert-OH is 1. The van der Waals surface area contributed by atoms with Crippen LogP contribution in [0, 0.1) is 5.92 Å². The van der Waals surface area contributed by atoms with Crippen molar-refractivity contribution in [2.75, 3.05) is 6.61 Å². The van der Waals surface area contributed by atoms with Crippen LogP contribution in [0.5, 0.6) is 0 Å². The Morgan fingerprint density at radius 3 is 2.65 bits per heavy atom. The number of nitrogens with zero attached hydrogens (tertiary/aromatic N) is 1. The number of aliphatic hydroxyl groups is 1. The van der Waals surface area contributed by atoms with Gasteiger partial charge in [-0.1, -0.05) is 26.7 Å². The van der Waals surface area contributed by atoms with Gasteiger partial charge in [0.15, 0.2) is 0 Å². The van der Waals surface area contributed by atoms with E-state index in [-0.39, 0.29) is 6.61 Å². The summed E-state index contributed by atoms with van der Waals surface area (Å²) >= 11 is 0. The Morgan fingerprint density at radius 1 is 1.35 bits per heavy atom. The second-order valence-corrected chi connectivity index (χ2v) is 5.62. The fourth-order valence-corrected chi connectivity index (χ4v) is 2.92. The average Bonchev–Trinajstić information content (AvgIpc) is 2.88. The highest BCUT2D eigenvalue weighted by atomic mass is 16.2. The second-order valence-electron chi connectivity index (χ2n) is 5.62. The molecule has 0 spiro atoms. The minimum Gasteiger partial charge on any atom is -0.396 e. The zero-order chi connectivity index (χ0) is 12.3. The molecule has 1 fully saturated rings. The minimum atomic E-state index is 0.227. The molecule has 0 saturated heterocycles. The Balaban J connectivity index is 2.21. The van der Waals surface area contributed by atoms with Crippen LogP contribution in [0.1, 0.15) is 62.4 Å². The molecule has 3 heteroatoms. The summed E-state index contributed by atoms with van der Waals surface area (Å²) < 4.78 is 0. The molecule has 1 heterocycles. The molecule has 1 saturated carbocycles. The maximum atomic E-state index is 9.22. The third-order valence-electron chi connectivity index (χ3n) is 3.70. The highest BCUT2D eigenvalue weighted by Crippen LogP contribution is 2.35. The minimum absolute atomic E-state index is 0.227. The van der Waals surface area contributed by atoms with Crippen LogP contribution in [0.25, 0.3) is 0 Å². The smallest absolute Gasteiger partial charge is 0.0688 e. The van der Waals surface area contributed by atoms with Crippen molar-refractivity contribution >= 4 is 0 Å². The number of hydrogen-bond acceptors (Lipinski definition) is 2. The highest BCUT2D eigenvalue weighted by Gasteiger charge is 2.24. The number of aromatic nitrogens is 2. The summed E-state index contributed by atoms with van der Waals surface area (Å²) in [5.74, 6) is 1.26. The van der Waals surface area contributed by atoms with Gasteiger partial charge in [-0.05, 0) is 37.2 Å². The van der Waals surface area contributed by atoms with Gasteiger partial charge in [0.1, 0.15) is 0 Å². The number of H-pyrrole nitrogens is 1. The topological polar surface area (TPSA) is 48.9 Å². The van der Waals surface area contributed by atoms with Crippen LogP contribution in [0.3, 0.4) is 0 Å². The zero-order valence-corrected chi connectivity index (χ0v) is 11.0. The summed E-state index contributed by atoms with van der Waals surface area (Å²) in [7, 11) is 0. The molecule has 1 aromatic heterocycles. The van der Waals surface area contributed by atoms with Crippen molar-refractivity contribution in [3.63, 3.8) is 0 Å². The normalized spacial score (nSPS) is 17.2. The number of hydrogen-bond donors (Lipinski definition) is 2. The predicted octanol–water partition coefficient (Wildman–Crippen LogP) is 2.80. The molecule has 0 aromatic carbocycles. The third kappa shape index (κ3) is 2.89. The molecule has 0 atom stereocenters. The number of nitrogens with one attached hydrogen (secondary N) is 1. The van der Waals surface area contributed by atoms with Gasteiger partial charge in [0.2, 0.25) is 0 Å². The van der Waals surface area contributed by atoms with Crippen molar-refractivity contribution in [3.05, 3.63) is 17.0 Å². The first-order valence-corrected chi connectivity index (χ1v) is 6.89. The number of rotatable bonds is 5. The molecule has 17 heavy (non-hydrogen) atoms. The van der Waals surface area contributed by atoms with Crippen molar-refractivity contribution < 1.29 is 5.11 Å². The summed E-state index contributed by atoms with van der Waals surface area (Å²) in [6.45, 7) is 4.67. The highest BCUT2D eigenvalue weighted by molar-refractivity contribution is 5.29. The van der Waals surface area contributed by atoms with Crippen LogP contribution in [0.4, 0.5) is 0 Å². The summed E-state index contributed by atoms with van der Waals surface area (Å²) in [4.78, 5) is 0. The number of aromatic amines is 1. The van der Waals surface area contributed by atoms with Gasteiger partial charge in [-0.15, -0.1) is 0 Å². The molecule has 0 radical (unpaired) electrons. The Labute approximate surface area is 104 Å². The lowest BCUT2D eigenvalue weighted by atomic mass is 9.95. The van der Waals surface area contributed by atoms with E-state index in [4.69, 9.17) is 0 Å². The van der Waals surface area contributed by atoms with E-state index in [2.05, 4.69) is 24.0 Å². The van der Waals surface area contributed by atoms with Crippen LogP contribution in [-0.4, -0.2) is 21.9 Å². The van der Waals surface area contributed by atoms with Crippen molar-refractivity contribution in [2.45, 2.75) is 58.3 Å². The van der Waals surface area contributed by atoms with Crippen molar-refractivity contribution in [2.24, 2.45) is 5.92 Å². The molecule has 3 nitrogen and oxygen atoms in total. The van der Waals surface area contributed by atoms with E-state index >= 15 is 0 Å². The molecule has 2 N–H and O–H groups in total. The van der Waals surface area contributed by atoms with Gasteiger partial charge >= 0.3 is 0 Å². The predicted molar refractivity (Wildman–Crippen MR) is 69.1 cm³/mol. The van der Waals surface area contributed by atoms with E-state index < -0.39 is 0 Å². The van der Waals surface area contributed by atoms with Crippen LogP contribution < -0.4 is 0 Å². The molecule has 2 rings (SSSR count). The summed E-state index contributed by atoms with van der Waals surface area (Å²) in [5.41, 5.74) is 3.79. The fraction of sp³-hybridized carbons (Fsp3) is 0.786. The summed E-state index contributed by atoms with van der Waals surface area (Å²) in [6.07, 6.45) is 6.99.